The summed E-state index contributed by atoms with van der Waals surface area (Å²) in [4.78, 5) is 24.3. The molecule has 22 heavy (non-hydrogen) atoms. The van der Waals surface area contributed by atoms with Crippen LogP contribution >= 0.6 is 0 Å². The lowest BCUT2D eigenvalue weighted by molar-refractivity contribution is -0.190. The zero-order valence-corrected chi connectivity index (χ0v) is 13.5. The highest BCUT2D eigenvalue weighted by atomic mass is 16.5. The van der Waals surface area contributed by atoms with Gasteiger partial charge in [0.25, 0.3) is 5.91 Å². The number of nitrogens with zero attached hydrogens (tertiary/aromatic N) is 1. The molecule has 0 saturated heterocycles. The molecule has 1 saturated carbocycles. The van der Waals surface area contributed by atoms with Gasteiger partial charge < -0.3 is 19.7 Å². The van der Waals surface area contributed by atoms with Gasteiger partial charge >= 0.3 is 5.97 Å². The van der Waals surface area contributed by atoms with Crippen molar-refractivity contribution in [1.82, 2.24) is 10.5 Å². The zero-order chi connectivity index (χ0) is 16.7. The highest BCUT2D eigenvalue weighted by Crippen LogP contribution is 2.51. The number of rotatable bonds is 5. The Morgan fingerprint density at radius 2 is 2.09 bits per heavy atom. The summed E-state index contributed by atoms with van der Waals surface area (Å²) < 4.78 is 10.5. The number of aromatic nitrogens is 1. The number of carboxylic acids is 1. The van der Waals surface area contributed by atoms with Crippen molar-refractivity contribution in [2.24, 2.45) is 5.41 Å². The number of carbonyl (C=O) groups excluding carboxylic acids is 1. The predicted octanol–water partition coefficient (Wildman–Crippen LogP) is 1.68. The molecule has 7 nitrogen and oxygen atoms in total. The van der Waals surface area contributed by atoms with Gasteiger partial charge in [0, 0.05) is 18.4 Å². The third-order valence-corrected chi connectivity index (χ3v) is 4.72. The van der Waals surface area contributed by atoms with E-state index in [1.807, 2.05) is 6.92 Å². The van der Waals surface area contributed by atoms with E-state index in [9.17, 15) is 14.7 Å². The monoisotopic (exact) mass is 310 g/mol. The molecule has 2 N–H and O–H groups in total. The number of amides is 1. The molecule has 1 aromatic rings. The zero-order valence-electron chi connectivity index (χ0n) is 13.5. The van der Waals surface area contributed by atoms with Crippen LogP contribution in [0, 0.1) is 19.3 Å². The maximum Gasteiger partial charge on any atom is 0.330 e. The summed E-state index contributed by atoms with van der Waals surface area (Å²) in [5.74, 6) is -1.18. The highest BCUT2D eigenvalue weighted by Gasteiger charge is 2.66. The molecule has 0 aliphatic heterocycles. The van der Waals surface area contributed by atoms with Crippen LogP contribution in [-0.2, 0) is 9.53 Å². The van der Waals surface area contributed by atoms with Gasteiger partial charge in [0.2, 0.25) is 0 Å². The van der Waals surface area contributed by atoms with Crippen LogP contribution in [0.5, 0.6) is 0 Å². The fraction of sp³-hybridized carbons (Fsp3) is 0.667. The van der Waals surface area contributed by atoms with Crippen LogP contribution in [0.15, 0.2) is 4.52 Å². The summed E-state index contributed by atoms with van der Waals surface area (Å²) in [6.07, 6.45) is 0.0248. The van der Waals surface area contributed by atoms with Gasteiger partial charge in [0.1, 0.15) is 16.9 Å². The fourth-order valence-corrected chi connectivity index (χ4v) is 3.10. The van der Waals surface area contributed by atoms with Crippen LogP contribution in [0.25, 0.3) is 0 Å². The summed E-state index contributed by atoms with van der Waals surface area (Å²) in [6, 6.07) is 0. The number of nitrogens with one attached hydrogen (secondary N) is 1. The average Bonchev–Trinajstić information content (AvgIpc) is 2.76. The Labute approximate surface area is 129 Å². The maximum absolute atomic E-state index is 12.5. The molecule has 2 rings (SSSR count). The lowest BCUT2D eigenvalue weighted by Crippen LogP contribution is -2.76. The van der Waals surface area contributed by atoms with Crippen molar-refractivity contribution in [2.75, 3.05) is 6.61 Å². The molecule has 1 fully saturated rings. The van der Waals surface area contributed by atoms with Crippen LogP contribution in [0.4, 0.5) is 0 Å². The van der Waals surface area contributed by atoms with Crippen molar-refractivity contribution in [3.63, 3.8) is 0 Å². The molecule has 2 atom stereocenters. The van der Waals surface area contributed by atoms with E-state index in [0.717, 1.165) is 0 Å². The number of carbonyl (C=O) groups is 2. The summed E-state index contributed by atoms with van der Waals surface area (Å²) in [5, 5.41) is 16.1. The van der Waals surface area contributed by atoms with Gasteiger partial charge in [-0.3, -0.25) is 4.79 Å². The molecule has 1 aromatic heterocycles. The molecule has 1 heterocycles. The molecular weight excluding hydrogens is 288 g/mol. The van der Waals surface area contributed by atoms with E-state index in [1.54, 1.807) is 27.7 Å². The van der Waals surface area contributed by atoms with Gasteiger partial charge in [0.15, 0.2) is 0 Å². The molecule has 0 radical (unpaired) electrons. The first-order valence-electron chi connectivity index (χ1n) is 7.27. The summed E-state index contributed by atoms with van der Waals surface area (Å²) >= 11 is 0. The third-order valence-electron chi connectivity index (χ3n) is 4.72. The topological polar surface area (TPSA) is 102 Å². The van der Waals surface area contributed by atoms with E-state index in [1.165, 1.54) is 0 Å². The second-order valence-electron chi connectivity index (χ2n) is 6.23. The Morgan fingerprint density at radius 3 is 2.50 bits per heavy atom. The highest BCUT2D eigenvalue weighted by molar-refractivity contribution is 6.00. The molecule has 0 bridgehead atoms. The van der Waals surface area contributed by atoms with Crippen molar-refractivity contribution in [3.05, 3.63) is 17.0 Å². The van der Waals surface area contributed by atoms with E-state index >= 15 is 0 Å². The van der Waals surface area contributed by atoms with Gasteiger partial charge in [-0.15, -0.1) is 0 Å². The van der Waals surface area contributed by atoms with Crippen LogP contribution < -0.4 is 5.32 Å². The van der Waals surface area contributed by atoms with Crippen molar-refractivity contribution < 1.29 is 24.0 Å². The number of ether oxygens (including phenoxy) is 1. The number of carboxylic acid groups (broad SMARTS) is 1. The second-order valence-corrected chi connectivity index (χ2v) is 6.23. The first-order chi connectivity index (χ1) is 10.2. The molecule has 1 amide bonds. The van der Waals surface area contributed by atoms with Gasteiger partial charge in [-0.1, -0.05) is 19.0 Å². The normalized spacial score (nSPS) is 26.3. The van der Waals surface area contributed by atoms with Gasteiger partial charge in [-0.25, -0.2) is 4.79 Å². The summed E-state index contributed by atoms with van der Waals surface area (Å²) in [7, 11) is 0. The van der Waals surface area contributed by atoms with Gasteiger partial charge in [-0.05, 0) is 20.8 Å². The van der Waals surface area contributed by atoms with Crippen molar-refractivity contribution >= 4 is 11.9 Å². The molecular formula is C15H22N2O5. The SMILES string of the molecule is CCOC1CC(NC(=O)c2c(C)noc2C)(C(=O)O)C1(C)C. The molecule has 1 aliphatic rings. The summed E-state index contributed by atoms with van der Waals surface area (Å²) in [6.45, 7) is 9.21. The van der Waals surface area contributed by atoms with Crippen LogP contribution in [0.3, 0.4) is 0 Å². The van der Waals surface area contributed by atoms with E-state index in [-0.39, 0.29) is 18.1 Å². The number of aliphatic carboxylic acids is 1. The van der Waals surface area contributed by atoms with Crippen molar-refractivity contribution in [1.29, 1.82) is 0 Å². The number of hydrogen-bond acceptors (Lipinski definition) is 5. The fourth-order valence-electron chi connectivity index (χ4n) is 3.10. The first kappa shape index (κ1) is 16.5. The molecule has 7 heteroatoms. The van der Waals surface area contributed by atoms with E-state index < -0.39 is 22.8 Å². The third kappa shape index (κ3) is 2.20. The predicted molar refractivity (Wildman–Crippen MR) is 77.6 cm³/mol. The van der Waals surface area contributed by atoms with Crippen LogP contribution in [-0.4, -0.2) is 40.4 Å². The Balaban J connectivity index is 2.29. The Bertz CT molecular complexity index is 588. The molecule has 122 valence electrons. The molecule has 1 aliphatic carbocycles. The van der Waals surface area contributed by atoms with E-state index in [2.05, 4.69) is 10.5 Å². The van der Waals surface area contributed by atoms with E-state index in [4.69, 9.17) is 9.26 Å². The summed E-state index contributed by atoms with van der Waals surface area (Å²) in [5.41, 5.74) is -1.35. The van der Waals surface area contributed by atoms with Gasteiger partial charge in [0.05, 0.1) is 11.8 Å². The quantitative estimate of drug-likeness (QED) is 0.858. The minimum Gasteiger partial charge on any atom is -0.479 e. The number of hydrogen-bond donors (Lipinski definition) is 2. The minimum atomic E-state index is -1.36. The van der Waals surface area contributed by atoms with Gasteiger partial charge in [-0.2, -0.15) is 0 Å². The first-order valence-corrected chi connectivity index (χ1v) is 7.27. The Hall–Kier alpha value is -1.89. The molecule has 0 aromatic carbocycles. The van der Waals surface area contributed by atoms with Crippen LogP contribution in [0.2, 0.25) is 0 Å². The van der Waals surface area contributed by atoms with Crippen molar-refractivity contribution in [2.45, 2.75) is 52.7 Å². The van der Waals surface area contributed by atoms with Crippen LogP contribution in [0.1, 0.15) is 49.0 Å². The molecule has 2 unspecified atom stereocenters. The Kier molecular flexibility index (Phi) is 4.04. The smallest absolute Gasteiger partial charge is 0.330 e. The van der Waals surface area contributed by atoms with E-state index in [0.29, 0.717) is 18.1 Å². The standard InChI is InChI=1S/C15H22N2O5/c1-6-21-10-7-15(13(19)20,14(10,4)5)16-12(18)11-8(2)17-22-9(11)3/h10H,6-7H2,1-5H3,(H,16,18)(H,19,20). The van der Waals surface area contributed by atoms with Crippen molar-refractivity contribution in [3.8, 4) is 0 Å². The average molecular weight is 310 g/mol. The Morgan fingerprint density at radius 1 is 1.45 bits per heavy atom. The number of aryl methyl sites for hydroxylation is 2. The second kappa shape index (κ2) is 5.39. The lowest BCUT2D eigenvalue weighted by Gasteiger charge is -2.58. The molecule has 0 spiro atoms. The lowest BCUT2D eigenvalue weighted by atomic mass is 9.54. The minimum absolute atomic E-state index is 0.210. The largest absolute Gasteiger partial charge is 0.479 e. The maximum atomic E-state index is 12.5.